The molecule has 4 N–H and O–H groups in total. The lowest BCUT2D eigenvalue weighted by atomic mass is 9.82. The molecule has 2 aromatic heterocycles. The zero-order valence-corrected chi connectivity index (χ0v) is 50.5. The van der Waals surface area contributed by atoms with E-state index in [1.54, 1.807) is 12.1 Å². The Morgan fingerprint density at radius 3 is 1.26 bits per heavy atom. The molecule has 0 radical (unpaired) electrons. The normalized spacial score (nSPS) is 11.6. The maximum atomic E-state index is 13.1. The fourth-order valence-corrected chi connectivity index (χ4v) is 10.5. The van der Waals surface area contributed by atoms with Gasteiger partial charge in [-0.2, -0.15) is 19.2 Å². The minimum atomic E-state index is -0.895. The van der Waals surface area contributed by atoms with Crippen molar-refractivity contribution >= 4 is 46.0 Å². The Labute approximate surface area is 500 Å². The van der Waals surface area contributed by atoms with Crippen molar-refractivity contribution < 1.29 is 33.9 Å². The number of aromatic nitrogens is 2. The summed E-state index contributed by atoms with van der Waals surface area (Å²) in [6, 6.07) is 71.1. The summed E-state index contributed by atoms with van der Waals surface area (Å²) in [4.78, 5) is 56.9. The first-order valence-electron chi connectivity index (χ1n) is 28.6. The first kappa shape index (κ1) is 64.7. The summed E-state index contributed by atoms with van der Waals surface area (Å²) in [5.74, 6) is -0.933. The van der Waals surface area contributed by atoms with Gasteiger partial charge >= 0.3 is 18.3 Å². The van der Waals surface area contributed by atoms with Crippen molar-refractivity contribution in [3.63, 3.8) is 0 Å². The van der Waals surface area contributed by atoms with E-state index in [2.05, 4.69) is 223 Å². The van der Waals surface area contributed by atoms with Gasteiger partial charge in [0.25, 0.3) is 5.91 Å². The molecule has 10 rings (SSSR count). The van der Waals surface area contributed by atoms with Gasteiger partial charge in [0.1, 0.15) is 0 Å². The number of nitrogens with one attached hydrogen (secondary N) is 1. The molecule has 0 aliphatic carbocycles. The first-order chi connectivity index (χ1) is 40.6. The third-order valence-corrected chi connectivity index (χ3v) is 15.0. The average Bonchev–Trinajstić information content (AvgIpc) is 3.19. The molecule has 10 aromatic rings. The number of fused-ring (bicyclic) bond motifs is 2. The first-order valence-corrected chi connectivity index (χ1v) is 28.6. The van der Waals surface area contributed by atoms with Gasteiger partial charge in [-0.15, -0.1) is 0 Å². The Morgan fingerprint density at radius 2 is 0.871 bits per heavy atom. The molecule has 2 unspecified atom stereocenters. The molecule has 1 amide bonds. The molecular weight excluding hydrogens is 1060 g/mol. The van der Waals surface area contributed by atoms with E-state index in [9.17, 15) is 14.7 Å². The number of carbonyl (C=O) groups excluding carboxylic acids is 5. The highest BCUT2D eigenvalue weighted by Gasteiger charge is 2.21. The second-order valence-electron chi connectivity index (χ2n) is 23.0. The Kier molecular flexibility index (Phi) is 23.0. The molecule has 11 nitrogen and oxygen atoms in total. The molecule has 8 aromatic carbocycles. The van der Waals surface area contributed by atoms with Gasteiger partial charge in [0, 0.05) is 57.9 Å². The van der Waals surface area contributed by atoms with E-state index >= 15 is 0 Å². The Bertz CT molecular complexity index is 3860. The van der Waals surface area contributed by atoms with E-state index in [-0.39, 0.29) is 41.1 Å². The van der Waals surface area contributed by atoms with Crippen LogP contribution in [0.3, 0.4) is 0 Å². The van der Waals surface area contributed by atoms with Gasteiger partial charge < -0.3 is 25.3 Å². The summed E-state index contributed by atoms with van der Waals surface area (Å²) in [5.41, 5.74) is 24.1. The molecule has 0 aliphatic rings. The maximum Gasteiger partial charge on any atom is 0.373 e. The zero-order valence-electron chi connectivity index (χ0n) is 50.5. The fraction of sp³-hybridized carbons (Fsp3) is 0.243. The molecule has 0 saturated heterocycles. The molecule has 0 spiro atoms. The van der Waals surface area contributed by atoms with E-state index in [0.29, 0.717) is 11.1 Å². The van der Waals surface area contributed by atoms with E-state index in [1.807, 2.05) is 54.6 Å². The van der Waals surface area contributed by atoms with Crippen molar-refractivity contribution in [2.24, 2.45) is 5.73 Å². The lowest BCUT2D eigenvalue weighted by molar-refractivity contribution is -0.193. The van der Waals surface area contributed by atoms with Gasteiger partial charge in [-0.25, -0.2) is 4.79 Å². The van der Waals surface area contributed by atoms with Crippen molar-refractivity contribution in [2.45, 2.75) is 118 Å². The van der Waals surface area contributed by atoms with Crippen LogP contribution in [0.25, 0.3) is 44.1 Å². The van der Waals surface area contributed by atoms with Crippen molar-refractivity contribution in [2.75, 3.05) is 0 Å². The number of rotatable bonds is 13. The van der Waals surface area contributed by atoms with Crippen LogP contribution in [0.4, 0.5) is 0 Å². The molecule has 2 atom stereocenters. The second-order valence-corrected chi connectivity index (χ2v) is 23.0. The second kappa shape index (κ2) is 30.2. The predicted molar refractivity (Wildman–Crippen MR) is 340 cm³/mol. The van der Waals surface area contributed by atoms with Crippen molar-refractivity contribution in [3.05, 3.63) is 262 Å². The highest BCUT2D eigenvalue weighted by atomic mass is 16.4. The number of carboxylic acid groups (broad SMARTS) is 1. The minimum absolute atomic E-state index is 0.000864. The number of carbonyl (C=O) groups is 2. The van der Waals surface area contributed by atoms with Gasteiger partial charge in [-0.3, -0.25) is 4.79 Å². The Balaban J connectivity index is 0.000000221. The molecule has 0 fully saturated rings. The van der Waals surface area contributed by atoms with Crippen molar-refractivity contribution in [1.29, 1.82) is 0 Å². The summed E-state index contributed by atoms with van der Waals surface area (Å²) in [6.07, 6.45) is 2.35. The number of aromatic carboxylic acids is 1. The molecule has 0 saturated carbocycles. The van der Waals surface area contributed by atoms with Gasteiger partial charge in [0.2, 0.25) is 0 Å². The molecule has 11 heteroatoms. The third-order valence-electron chi connectivity index (χ3n) is 15.0. The highest BCUT2D eigenvalue weighted by Crippen LogP contribution is 2.35. The summed E-state index contributed by atoms with van der Waals surface area (Å²) >= 11 is 0. The topological polar surface area (TPSA) is 171 Å². The van der Waals surface area contributed by atoms with Crippen LogP contribution in [0.5, 0.6) is 0 Å². The average molecular weight is 1140 g/mol. The minimum Gasteiger partial charge on any atom is -0.478 e. The van der Waals surface area contributed by atoms with Gasteiger partial charge in [-0.05, 0) is 142 Å². The molecule has 85 heavy (non-hydrogen) atoms. The molecule has 2 heterocycles. The van der Waals surface area contributed by atoms with E-state index < -0.39 is 5.97 Å². The van der Waals surface area contributed by atoms with E-state index in [1.165, 1.54) is 55.8 Å². The number of amides is 1. The number of hydrogen-bond acceptors (Lipinski definition) is 7. The van der Waals surface area contributed by atoms with Crippen molar-refractivity contribution in [1.82, 2.24) is 14.5 Å². The number of aryl methyl sites for hydroxylation is 2. The molecule has 0 aliphatic heterocycles. The fourth-order valence-electron chi connectivity index (χ4n) is 10.5. The summed E-state index contributed by atoms with van der Waals surface area (Å²) in [6.45, 7) is 23.5. The van der Waals surface area contributed by atoms with Crippen LogP contribution >= 0.6 is 0 Å². The number of carboxylic acids is 1. The lowest BCUT2D eigenvalue weighted by Gasteiger charge is -2.23. The zero-order chi connectivity index (χ0) is 61.8. The molecular formula is C74H78N4O7. The van der Waals surface area contributed by atoms with Crippen LogP contribution in [-0.4, -0.2) is 38.4 Å². The quantitative estimate of drug-likeness (QED) is 0.102. The van der Waals surface area contributed by atoms with Gasteiger partial charge in [0.15, 0.2) is 0 Å². The number of nitrogens with zero attached hydrogens (tertiary/aromatic N) is 2. The SMILES string of the molecule is CCC(N)c1ccccc1.CCC(NC(=O)c1ccc2c(c1)cc(C)n2Cc1ccc(-c2ccccc2C(C)(C)C)cc1)c1ccccc1.Cc1cc2cc(C(=O)O)ccc2n1Cc1ccc(-c2ccccc2C(C)(C)C)cc1.O=C=O.O=C=O. The lowest BCUT2D eigenvalue weighted by Crippen LogP contribution is -2.28. The Hall–Kier alpha value is -9.50. The van der Waals surface area contributed by atoms with Crippen molar-refractivity contribution in [3.8, 4) is 22.3 Å². The van der Waals surface area contributed by atoms with Crippen LogP contribution in [0.2, 0.25) is 0 Å². The van der Waals surface area contributed by atoms with Crippen LogP contribution in [0.1, 0.15) is 146 Å². The van der Waals surface area contributed by atoms with E-state index in [0.717, 1.165) is 59.0 Å². The Morgan fingerprint density at radius 1 is 0.494 bits per heavy atom. The summed E-state index contributed by atoms with van der Waals surface area (Å²) < 4.78 is 4.56. The maximum absolute atomic E-state index is 13.1. The predicted octanol–water partition coefficient (Wildman–Crippen LogP) is 16.4. The molecule has 0 bridgehead atoms. The largest absolute Gasteiger partial charge is 0.478 e. The van der Waals surface area contributed by atoms with Crippen LogP contribution in [-0.2, 0) is 43.1 Å². The summed E-state index contributed by atoms with van der Waals surface area (Å²) in [5, 5.41) is 14.5. The van der Waals surface area contributed by atoms with Crippen LogP contribution in [0, 0.1) is 13.8 Å². The van der Waals surface area contributed by atoms with Crippen LogP contribution in [0.15, 0.2) is 206 Å². The van der Waals surface area contributed by atoms with Gasteiger partial charge in [-0.1, -0.05) is 213 Å². The number of hydrogen-bond donors (Lipinski definition) is 3. The van der Waals surface area contributed by atoms with Crippen LogP contribution < -0.4 is 11.1 Å². The number of benzene rings is 8. The molecule has 436 valence electrons. The monoisotopic (exact) mass is 1130 g/mol. The third kappa shape index (κ3) is 17.3. The standard InChI is InChI=1S/C36H38N2O.C27H27NO2.C9H13N.2CO2/c1-6-33(28-12-8-7-9-13-28)37-35(39)29-20-21-34-30(23-29)22-25(2)38(34)24-26-16-18-27(19-17-26)31-14-10-11-15-32(31)36(3,4)5;1-18-15-22-16-21(26(29)30)13-14-25(22)28(18)17-19-9-11-20(12-10-19)23-7-5-6-8-24(23)27(2,3)4;1-2-9(10)8-6-4-3-5-7-8;2*2-1-3/h7-23,33H,6,24H2,1-5H3,(H,37,39);5-16H,17H2,1-4H3,(H,29,30);3-7,9H,2,10H2,1H3;;. The van der Waals surface area contributed by atoms with Gasteiger partial charge in [0.05, 0.1) is 11.6 Å². The highest BCUT2D eigenvalue weighted by molar-refractivity contribution is 5.98. The van der Waals surface area contributed by atoms with E-state index in [4.69, 9.17) is 24.9 Å². The summed E-state index contributed by atoms with van der Waals surface area (Å²) in [7, 11) is 0. The number of nitrogens with two attached hydrogens (primary N) is 1. The smallest absolute Gasteiger partial charge is 0.373 e.